The second kappa shape index (κ2) is 5.82. The molecule has 28 heavy (non-hydrogen) atoms. The predicted octanol–water partition coefficient (Wildman–Crippen LogP) is 8.15. The van der Waals surface area contributed by atoms with E-state index in [1.165, 1.54) is 76.5 Å². The van der Waals surface area contributed by atoms with Crippen LogP contribution >= 0.6 is 0 Å². The van der Waals surface area contributed by atoms with Gasteiger partial charge in [-0.2, -0.15) is 0 Å². The number of fused-ring (bicyclic) bond motifs is 7. The number of hydrogen-bond donors (Lipinski definition) is 0. The SMILES string of the molecule is Cc1cc2c(ccc3c2ccc2c4cc(C)c(C)c(C)c4ccc23)c(C)c1C. The molecule has 5 aromatic carbocycles. The van der Waals surface area contributed by atoms with E-state index in [1.807, 2.05) is 0 Å². The first-order valence-corrected chi connectivity index (χ1v) is 10.1. The average Bonchev–Trinajstić information content (AvgIpc) is 2.69. The van der Waals surface area contributed by atoms with Crippen molar-refractivity contribution in [2.75, 3.05) is 0 Å². The third-order valence-electron chi connectivity index (χ3n) is 7.12. The summed E-state index contributed by atoms with van der Waals surface area (Å²) in [5.41, 5.74) is 8.35. The summed E-state index contributed by atoms with van der Waals surface area (Å²) < 4.78 is 0. The van der Waals surface area contributed by atoms with Gasteiger partial charge >= 0.3 is 0 Å². The number of benzene rings is 5. The molecule has 0 bridgehead atoms. The van der Waals surface area contributed by atoms with Crippen molar-refractivity contribution < 1.29 is 0 Å². The van der Waals surface area contributed by atoms with E-state index in [9.17, 15) is 0 Å². The Bertz CT molecular complexity index is 1340. The molecule has 138 valence electrons. The Morgan fingerprint density at radius 3 is 0.964 bits per heavy atom. The van der Waals surface area contributed by atoms with Crippen LogP contribution in [-0.2, 0) is 0 Å². The zero-order chi connectivity index (χ0) is 19.7. The summed E-state index contributed by atoms with van der Waals surface area (Å²) in [7, 11) is 0. The Morgan fingerprint density at radius 2 is 0.607 bits per heavy atom. The van der Waals surface area contributed by atoms with Gasteiger partial charge in [-0.25, -0.2) is 0 Å². The van der Waals surface area contributed by atoms with E-state index in [1.54, 1.807) is 0 Å². The van der Waals surface area contributed by atoms with Crippen molar-refractivity contribution in [1.82, 2.24) is 0 Å². The first-order valence-electron chi connectivity index (χ1n) is 10.1. The van der Waals surface area contributed by atoms with Crippen molar-refractivity contribution in [3.8, 4) is 0 Å². The van der Waals surface area contributed by atoms with Crippen molar-refractivity contribution >= 4 is 43.1 Å². The van der Waals surface area contributed by atoms with E-state index in [-0.39, 0.29) is 0 Å². The van der Waals surface area contributed by atoms with Crippen LogP contribution in [0, 0.1) is 41.5 Å². The van der Waals surface area contributed by atoms with Crippen LogP contribution in [-0.4, -0.2) is 0 Å². The fourth-order valence-electron chi connectivity index (χ4n) is 4.88. The lowest BCUT2D eigenvalue weighted by molar-refractivity contribution is 1.30. The highest BCUT2D eigenvalue weighted by atomic mass is 14.2. The van der Waals surface area contributed by atoms with E-state index < -0.39 is 0 Å². The van der Waals surface area contributed by atoms with Crippen LogP contribution in [0.4, 0.5) is 0 Å². The van der Waals surface area contributed by atoms with E-state index in [2.05, 4.69) is 90.1 Å². The lowest BCUT2D eigenvalue weighted by atomic mass is 9.89. The van der Waals surface area contributed by atoms with Gasteiger partial charge in [0.15, 0.2) is 0 Å². The van der Waals surface area contributed by atoms with Gasteiger partial charge in [0.25, 0.3) is 0 Å². The first-order chi connectivity index (χ1) is 13.4. The summed E-state index contributed by atoms with van der Waals surface area (Å²) in [6.45, 7) is 13.4. The van der Waals surface area contributed by atoms with Gasteiger partial charge < -0.3 is 0 Å². The molecular formula is C28H26. The van der Waals surface area contributed by atoms with Crippen LogP contribution in [0.25, 0.3) is 43.1 Å². The first kappa shape index (κ1) is 17.3. The predicted molar refractivity (Wildman–Crippen MR) is 125 cm³/mol. The molecule has 0 amide bonds. The summed E-state index contributed by atoms with van der Waals surface area (Å²) in [5, 5.41) is 10.9. The molecule has 0 fully saturated rings. The van der Waals surface area contributed by atoms with Gasteiger partial charge in [0.2, 0.25) is 0 Å². The molecule has 0 heteroatoms. The zero-order valence-electron chi connectivity index (χ0n) is 17.6. The molecule has 0 radical (unpaired) electrons. The van der Waals surface area contributed by atoms with Crippen molar-refractivity contribution in [2.24, 2.45) is 0 Å². The fourth-order valence-corrected chi connectivity index (χ4v) is 4.88. The summed E-state index contributed by atoms with van der Waals surface area (Å²) in [6, 6.07) is 18.7. The Kier molecular flexibility index (Phi) is 3.58. The normalized spacial score (nSPS) is 11.9. The molecule has 0 unspecified atom stereocenters. The Hall–Kier alpha value is -2.86. The highest BCUT2D eigenvalue weighted by Gasteiger charge is 2.12. The second-order valence-electron chi connectivity index (χ2n) is 8.46. The second-order valence-corrected chi connectivity index (χ2v) is 8.46. The molecule has 0 spiro atoms. The van der Waals surface area contributed by atoms with E-state index in [4.69, 9.17) is 0 Å². The molecule has 0 nitrogen and oxygen atoms in total. The molecule has 5 aromatic rings. The minimum Gasteiger partial charge on any atom is -0.0534 e. The van der Waals surface area contributed by atoms with Gasteiger partial charge in [-0.05, 0) is 118 Å². The lowest BCUT2D eigenvalue weighted by Gasteiger charge is -2.15. The Balaban J connectivity index is 1.98. The highest BCUT2D eigenvalue weighted by molar-refractivity contribution is 6.22. The molecule has 0 aromatic heterocycles. The van der Waals surface area contributed by atoms with Crippen molar-refractivity contribution in [2.45, 2.75) is 41.5 Å². The van der Waals surface area contributed by atoms with Gasteiger partial charge in [-0.15, -0.1) is 0 Å². The number of rotatable bonds is 0. The molecule has 5 rings (SSSR count). The maximum atomic E-state index is 2.37. The van der Waals surface area contributed by atoms with E-state index in [0.717, 1.165) is 0 Å². The van der Waals surface area contributed by atoms with Crippen LogP contribution in [0.15, 0.2) is 48.5 Å². The molecule has 0 heterocycles. The highest BCUT2D eigenvalue weighted by Crippen LogP contribution is 2.38. The molecule has 0 aliphatic rings. The van der Waals surface area contributed by atoms with Gasteiger partial charge in [-0.1, -0.05) is 48.5 Å². The quantitative estimate of drug-likeness (QED) is 0.244. The van der Waals surface area contributed by atoms with Crippen LogP contribution in [0.5, 0.6) is 0 Å². The molecular weight excluding hydrogens is 336 g/mol. The van der Waals surface area contributed by atoms with Crippen molar-refractivity contribution in [3.05, 3.63) is 81.9 Å². The smallest absolute Gasteiger partial charge is 0.00987 e. The average molecular weight is 363 g/mol. The largest absolute Gasteiger partial charge is 0.0534 e. The summed E-state index contributed by atoms with van der Waals surface area (Å²) >= 11 is 0. The van der Waals surface area contributed by atoms with Crippen LogP contribution in [0.3, 0.4) is 0 Å². The van der Waals surface area contributed by atoms with Crippen LogP contribution in [0.1, 0.15) is 33.4 Å². The Labute approximate surface area is 166 Å². The summed E-state index contributed by atoms with van der Waals surface area (Å²) in [6.07, 6.45) is 0. The molecule has 0 atom stereocenters. The topological polar surface area (TPSA) is 0 Å². The van der Waals surface area contributed by atoms with Crippen molar-refractivity contribution in [3.63, 3.8) is 0 Å². The number of hydrogen-bond acceptors (Lipinski definition) is 0. The lowest BCUT2D eigenvalue weighted by Crippen LogP contribution is -1.92. The Morgan fingerprint density at radius 1 is 0.321 bits per heavy atom. The maximum Gasteiger partial charge on any atom is -0.00987 e. The van der Waals surface area contributed by atoms with Gasteiger partial charge in [0.05, 0.1) is 0 Å². The maximum absolute atomic E-state index is 2.37. The van der Waals surface area contributed by atoms with Gasteiger partial charge in [0, 0.05) is 0 Å². The van der Waals surface area contributed by atoms with Crippen LogP contribution < -0.4 is 0 Å². The molecule has 0 aliphatic heterocycles. The number of aryl methyl sites for hydroxylation is 4. The van der Waals surface area contributed by atoms with Gasteiger partial charge in [-0.3, -0.25) is 0 Å². The molecule has 0 saturated heterocycles. The van der Waals surface area contributed by atoms with Crippen LogP contribution in [0.2, 0.25) is 0 Å². The molecule has 0 aliphatic carbocycles. The monoisotopic (exact) mass is 362 g/mol. The summed E-state index contributed by atoms with van der Waals surface area (Å²) in [5.74, 6) is 0. The standard InChI is InChI=1S/C28H26/c1-15-13-27-21(19(5)17(15)3)7-9-23-24-10-8-22-20(6)18(4)16(2)14-28(22)26(24)12-11-25(23)27/h7-14H,1-6H3. The zero-order valence-corrected chi connectivity index (χ0v) is 17.6. The van der Waals surface area contributed by atoms with Gasteiger partial charge in [0.1, 0.15) is 0 Å². The minimum atomic E-state index is 1.35. The third kappa shape index (κ3) is 2.18. The third-order valence-corrected chi connectivity index (χ3v) is 7.12. The summed E-state index contributed by atoms with van der Waals surface area (Å²) in [4.78, 5) is 0. The van der Waals surface area contributed by atoms with E-state index >= 15 is 0 Å². The molecule has 0 N–H and O–H groups in total. The minimum absolute atomic E-state index is 1.35. The molecule has 0 saturated carbocycles. The van der Waals surface area contributed by atoms with Crippen molar-refractivity contribution in [1.29, 1.82) is 0 Å². The van der Waals surface area contributed by atoms with E-state index in [0.29, 0.717) is 0 Å². The fraction of sp³-hybridized carbons (Fsp3) is 0.214.